The van der Waals surface area contributed by atoms with Crippen LogP contribution in [-0.2, 0) is 19.1 Å². The largest absolute Gasteiger partial charge is 0.493 e. The molecule has 2 aromatic rings. The highest BCUT2D eigenvalue weighted by Gasteiger charge is 2.14. The molecule has 0 aliphatic heterocycles. The summed E-state index contributed by atoms with van der Waals surface area (Å²) >= 11 is 3.39. The second kappa shape index (κ2) is 13.3. The monoisotopic (exact) mass is 534 g/mol. The number of hydrazone groups is 1. The van der Waals surface area contributed by atoms with Gasteiger partial charge in [-0.15, -0.1) is 0 Å². The van der Waals surface area contributed by atoms with E-state index in [0.717, 1.165) is 11.1 Å². The van der Waals surface area contributed by atoms with Crippen molar-refractivity contribution in [1.29, 1.82) is 0 Å². The Morgan fingerprint density at radius 2 is 1.82 bits per heavy atom. The summed E-state index contributed by atoms with van der Waals surface area (Å²) in [5, 5.41) is 8.95. The Kier molecular flexibility index (Phi) is 10.5. The molecule has 0 atom stereocenters. The van der Waals surface area contributed by atoms with Gasteiger partial charge in [0.05, 0.1) is 24.4 Å². The summed E-state index contributed by atoms with van der Waals surface area (Å²) in [4.78, 5) is 35.6. The first-order valence-electron chi connectivity index (χ1n) is 10.2. The third-order valence-corrected chi connectivity index (χ3v) is 5.16. The zero-order valence-electron chi connectivity index (χ0n) is 19.4. The molecule has 0 spiro atoms. The van der Waals surface area contributed by atoms with Gasteiger partial charge in [0.1, 0.15) is 0 Å². The van der Waals surface area contributed by atoms with E-state index in [1.54, 1.807) is 12.1 Å². The van der Waals surface area contributed by atoms with E-state index >= 15 is 0 Å². The van der Waals surface area contributed by atoms with E-state index in [9.17, 15) is 14.4 Å². The predicted molar refractivity (Wildman–Crippen MR) is 131 cm³/mol. The molecule has 3 N–H and O–H groups in total. The van der Waals surface area contributed by atoms with Crippen molar-refractivity contribution < 1.29 is 28.6 Å². The van der Waals surface area contributed by atoms with Crippen LogP contribution < -0.4 is 25.5 Å². The number of nitrogens with one attached hydrogen (secondary N) is 3. The van der Waals surface area contributed by atoms with E-state index in [0.29, 0.717) is 27.2 Å². The number of amides is 3. The molecule has 34 heavy (non-hydrogen) atoms. The standard InChI is InChI=1S/C23H27BrN4O6/c1-14-5-6-17(9-15(14)2)27-20(29)13-34-21-18(24)10-16(11-19(21)33-4)12-26-28-23(31)22(30)25-7-8-32-3/h5-6,9-12H,7-8,13H2,1-4H3,(H,25,30)(H,27,29)(H,28,31)/b26-12-. The fraction of sp³-hybridized carbons (Fsp3) is 0.304. The molecular weight excluding hydrogens is 508 g/mol. The van der Waals surface area contributed by atoms with E-state index in [2.05, 4.69) is 37.1 Å². The fourth-order valence-electron chi connectivity index (χ4n) is 2.67. The van der Waals surface area contributed by atoms with Gasteiger partial charge in [-0.25, -0.2) is 5.43 Å². The molecule has 182 valence electrons. The normalized spacial score (nSPS) is 10.6. The van der Waals surface area contributed by atoms with Crippen LogP contribution in [0.4, 0.5) is 5.69 Å². The van der Waals surface area contributed by atoms with Crippen LogP contribution in [0.3, 0.4) is 0 Å². The Bertz CT molecular complexity index is 1070. The number of ether oxygens (including phenoxy) is 3. The van der Waals surface area contributed by atoms with Gasteiger partial charge in [0.2, 0.25) is 0 Å². The summed E-state index contributed by atoms with van der Waals surface area (Å²) in [7, 11) is 2.94. The molecular formula is C23H27BrN4O6. The first-order chi connectivity index (χ1) is 16.2. The van der Waals surface area contributed by atoms with Crippen LogP contribution in [0, 0.1) is 13.8 Å². The minimum Gasteiger partial charge on any atom is -0.493 e. The van der Waals surface area contributed by atoms with E-state index in [1.807, 2.05) is 32.0 Å². The second-order valence-electron chi connectivity index (χ2n) is 7.12. The van der Waals surface area contributed by atoms with Crippen molar-refractivity contribution in [2.45, 2.75) is 13.8 Å². The molecule has 0 heterocycles. The number of hydrogen-bond acceptors (Lipinski definition) is 7. The van der Waals surface area contributed by atoms with Crippen molar-refractivity contribution in [3.8, 4) is 11.5 Å². The highest BCUT2D eigenvalue weighted by molar-refractivity contribution is 9.10. The summed E-state index contributed by atoms with van der Waals surface area (Å²) in [6.45, 7) is 4.23. The molecule has 0 fully saturated rings. The molecule has 2 rings (SSSR count). The Morgan fingerprint density at radius 3 is 2.50 bits per heavy atom. The average Bonchev–Trinajstić information content (AvgIpc) is 2.80. The van der Waals surface area contributed by atoms with Crippen LogP contribution in [0.25, 0.3) is 0 Å². The number of anilines is 1. The van der Waals surface area contributed by atoms with Crippen LogP contribution >= 0.6 is 15.9 Å². The first kappa shape index (κ1) is 26.8. The number of aryl methyl sites for hydroxylation is 2. The van der Waals surface area contributed by atoms with E-state index in [-0.39, 0.29) is 25.7 Å². The lowest BCUT2D eigenvalue weighted by Crippen LogP contribution is -2.39. The average molecular weight is 535 g/mol. The van der Waals surface area contributed by atoms with Gasteiger partial charge >= 0.3 is 11.8 Å². The van der Waals surface area contributed by atoms with Gasteiger partial charge < -0.3 is 24.8 Å². The van der Waals surface area contributed by atoms with Gasteiger partial charge in [0.15, 0.2) is 18.1 Å². The molecule has 0 unspecified atom stereocenters. The van der Waals surface area contributed by atoms with Crippen molar-refractivity contribution >= 4 is 45.6 Å². The first-order valence-corrected chi connectivity index (χ1v) is 11.0. The van der Waals surface area contributed by atoms with Crippen LogP contribution in [0.5, 0.6) is 11.5 Å². The summed E-state index contributed by atoms with van der Waals surface area (Å²) < 4.78 is 16.3. The van der Waals surface area contributed by atoms with Gasteiger partial charge in [0, 0.05) is 19.3 Å². The lowest BCUT2D eigenvalue weighted by Gasteiger charge is -2.14. The lowest BCUT2D eigenvalue weighted by atomic mass is 10.1. The fourth-order valence-corrected chi connectivity index (χ4v) is 3.25. The summed E-state index contributed by atoms with van der Waals surface area (Å²) in [5.74, 6) is -1.38. The maximum Gasteiger partial charge on any atom is 0.329 e. The molecule has 0 saturated carbocycles. The molecule has 0 bridgehead atoms. The van der Waals surface area contributed by atoms with Crippen molar-refractivity contribution in [1.82, 2.24) is 10.7 Å². The number of carbonyl (C=O) groups is 3. The minimum atomic E-state index is -0.909. The number of carbonyl (C=O) groups excluding carboxylic acids is 3. The van der Waals surface area contributed by atoms with Crippen molar-refractivity contribution in [2.24, 2.45) is 5.10 Å². The summed E-state index contributed by atoms with van der Waals surface area (Å²) in [5.41, 5.74) is 5.58. The molecule has 0 aromatic heterocycles. The number of methoxy groups -OCH3 is 2. The number of hydrogen-bond donors (Lipinski definition) is 3. The Balaban J connectivity index is 1.97. The molecule has 11 heteroatoms. The van der Waals surface area contributed by atoms with Gasteiger partial charge in [-0.1, -0.05) is 6.07 Å². The summed E-state index contributed by atoms with van der Waals surface area (Å²) in [6.07, 6.45) is 1.34. The van der Waals surface area contributed by atoms with Crippen molar-refractivity contribution in [2.75, 3.05) is 39.3 Å². The van der Waals surface area contributed by atoms with E-state index in [4.69, 9.17) is 14.2 Å². The van der Waals surface area contributed by atoms with Crippen molar-refractivity contribution in [3.05, 3.63) is 51.5 Å². The van der Waals surface area contributed by atoms with Crippen LogP contribution in [-0.4, -0.2) is 57.9 Å². The molecule has 0 saturated heterocycles. The quantitative estimate of drug-likeness (QED) is 0.186. The van der Waals surface area contributed by atoms with Crippen LogP contribution in [0.15, 0.2) is 39.9 Å². The van der Waals surface area contributed by atoms with Gasteiger partial charge in [-0.05, 0) is 70.7 Å². The molecule has 10 nitrogen and oxygen atoms in total. The second-order valence-corrected chi connectivity index (χ2v) is 7.97. The molecule has 0 aliphatic carbocycles. The van der Waals surface area contributed by atoms with Crippen LogP contribution in [0.2, 0.25) is 0 Å². The maximum absolute atomic E-state index is 12.3. The smallest absolute Gasteiger partial charge is 0.329 e. The highest BCUT2D eigenvalue weighted by Crippen LogP contribution is 2.36. The lowest BCUT2D eigenvalue weighted by molar-refractivity contribution is -0.139. The maximum atomic E-state index is 12.3. The van der Waals surface area contributed by atoms with Gasteiger partial charge in [-0.2, -0.15) is 5.10 Å². The molecule has 2 aromatic carbocycles. The van der Waals surface area contributed by atoms with E-state index in [1.165, 1.54) is 20.4 Å². The SMILES string of the molecule is COCCNC(=O)C(=O)N/N=C\c1cc(Br)c(OCC(=O)Nc2ccc(C)c(C)c2)c(OC)c1. The molecule has 3 amide bonds. The van der Waals surface area contributed by atoms with Gasteiger partial charge in [0.25, 0.3) is 5.91 Å². The van der Waals surface area contributed by atoms with Gasteiger partial charge in [-0.3, -0.25) is 14.4 Å². The minimum absolute atomic E-state index is 0.209. The van der Waals surface area contributed by atoms with Crippen LogP contribution in [0.1, 0.15) is 16.7 Å². The molecule has 0 radical (unpaired) electrons. The summed E-state index contributed by atoms with van der Waals surface area (Å²) in [6, 6.07) is 8.91. The van der Waals surface area contributed by atoms with E-state index < -0.39 is 11.8 Å². The molecule has 0 aliphatic rings. The zero-order valence-corrected chi connectivity index (χ0v) is 20.9. The number of halogens is 1. The number of nitrogens with zero attached hydrogens (tertiary/aromatic N) is 1. The topological polar surface area (TPSA) is 127 Å². The zero-order chi connectivity index (χ0) is 25.1. The Labute approximate surface area is 206 Å². The third-order valence-electron chi connectivity index (χ3n) is 4.57. The Morgan fingerprint density at radius 1 is 1.06 bits per heavy atom. The number of rotatable bonds is 10. The Hall–Kier alpha value is -3.44. The highest BCUT2D eigenvalue weighted by atomic mass is 79.9. The third kappa shape index (κ3) is 8.16. The number of benzene rings is 2. The van der Waals surface area contributed by atoms with Crippen molar-refractivity contribution in [3.63, 3.8) is 0 Å². The predicted octanol–water partition coefficient (Wildman–Crippen LogP) is 2.30.